The first-order chi connectivity index (χ1) is 12.3. The zero-order valence-corrected chi connectivity index (χ0v) is 15.4. The molecule has 2 aromatic rings. The molecule has 140 valence electrons. The standard InChI is InChI=1S/C19H23NO5S/c1-2-3-9-14-12-26(24,25)18-11-17(22)16(21)10-15(18)19(20(14)23)13-7-5-4-6-8-13/h4-8,10-11,14,19,21-23H,2-3,9,12H2,1H3/t14-,19-/m1/s1. The fourth-order valence-electron chi connectivity index (χ4n) is 3.45. The molecule has 26 heavy (non-hydrogen) atoms. The number of hydrogen-bond donors (Lipinski definition) is 3. The summed E-state index contributed by atoms with van der Waals surface area (Å²) in [6.07, 6.45) is 2.20. The van der Waals surface area contributed by atoms with Gasteiger partial charge in [-0.1, -0.05) is 50.1 Å². The van der Waals surface area contributed by atoms with Crippen molar-refractivity contribution in [3.63, 3.8) is 0 Å². The summed E-state index contributed by atoms with van der Waals surface area (Å²) >= 11 is 0. The van der Waals surface area contributed by atoms with E-state index in [9.17, 15) is 23.8 Å². The lowest BCUT2D eigenvalue weighted by molar-refractivity contribution is -0.147. The largest absolute Gasteiger partial charge is 0.504 e. The van der Waals surface area contributed by atoms with Crippen LogP contribution in [0, 0.1) is 0 Å². The molecule has 0 bridgehead atoms. The minimum atomic E-state index is -3.74. The average Bonchev–Trinajstić information content (AvgIpc) is 2.68. The number of fused-ring (bicyclic) bond motifs is 1. The number of nitrogens with zero attached hydrogens (tertiary/aromatic N) is 1. The molecule has 0 amide bonds. The van der Waals surface area contributed by atoms with Crippen LogP contribution in [0.25, 0.3) is 0 Å². The van der Waals surface area contributed by atoms with E-state index in [4.69, 9.17) is 0 Å². The van der Waals surface area contributed by atoms with Crippen LogP contribution in [-0.2, 0) is 9.84 Å². The molecule has 3 N–H and O–H groups in total. The topological polar surface area (TPSA) is 98.1 Å². The van der Waals surface area contributed by atoms with Gasteiger partial charge in [0.1, 0.15) is 0 Å². The summed E-state index contributed by atoms with van der Waals surface area (Å²) in [6.45, 7) is 2.01. The van der Waals surface area contributed by atoms with Crippen molar-refractivity contribution < 1.29 is 23.8 Å². The number of benzene rings is 2. The van der Waals surface area contributed by atoms with Gasteiger partial charge in [-0.05, 0) is 23.6 Å². The van der Waals surface area contributed by atoms with Gasteiger partial charge in [0.25, 0.3) is 0 Å². The third-order valence-electron chi connectivity index (χ3n) is 4.79. The second-order valence-corrected chi connectivity index (χ2v) is 8.65. The Morgan fingerprint density at radius 2 is 1.77 bits per heavy atom. The Morgan fingerprint density at radius 1 is 1.12 bits per heavy atom. The Kier molecular flexibility index (Phi) is 5.22. The van der Waals surface area contributed by atoms with E-state index in [1.807, 2.05) is 25.1 Å². The number of phenols is 2. The Morgan fingerprint density at radius 3 is 2.42 bits per heavy atom. The molecule has 2 atom stereocenters. The maximum absolute atomic E-state index is 12.9. The van der Waals surface area contributed by atoms with E-state index in [-0.39, 0.29) is 16.2 Å². The number of unbranched alkanes of at least 4 members (excludes halogenated alkanes) is 1. The summed E-state index contributed by atoms with van der Waals surface area (Å²) in [7, 11) is -3.74. The van der Waals surface area contributed by atoms with Gasteiger partial charge in [0, 0.05) is 6.07 Å². The molecule has 0 radical (unpaired) electrons. The summed E-state index contributed by atoms with van der Waals surface area (Å²) in [5, 5.41) is 31.8. The molecule has 1 aliphatic rings. The number of sulfone groups is 1. The molecule has 0 spiro atoms. The Labute approximate surface area is 153 Å². The van der Waals surface area contributed by atoms with E-state index in [0.29, 0.717) is 12.0 Å². The number of hydroxylamine groups is 2. The molecule has 0 fully saturated rings. The van der Waals surface area contributed by atoms with Crippen LogP contribution in [-0.4, -0.2) is 40.7 Å². The van der Waals surface area contributed by atoms with Gasteiger partial charge in [-0.15, -0.1) is 0 Å². The third-order valence-corrected chi connectivity index (χ3v) is 6.64. The Balaban J connectivity index is 2.23. The fourth-order valence-corrected chi connectivity index (χ4v) is 5.28. The number of aromatic hydroxyl groups is 2. The van der Waals surface area contributed by atoms with E-state index in [1.54, 1.807) is 12.1 Å². The highest BCUT2D eigenvalue weighted by Gasteiger charge is 2.39. The predicted octanol–water partition coefficient (Wildman–Crippen LogP) is 3.22. The summed E-state index contributed by atoms with van der Waals surface area (Å²) < 4.78 is 25.8. The summed E-state index contributed by atoms with van der Waals surface area (Å²) in [5.74, 6) is -1.15. The Bertz CT molecular complexity index is 882. The highest BCUT2D eigenvalue weighted by molar-refractivity contribution is 7.91. The van der Waals surface area contributed by atoms with Crippen molar-refractivity contribution in [2.24, 2.45) is 0 Å². The molecule has 0 unspecified atom stereocenters. The van der Waals surface area contributed by atoms with Crippen LogP contribution < -0.4 is 0 Å². The molecule has 0 aliphatic carbocycles. The molecule has 2 aromatic carbocycles. The summed E-state index contributed by atoms with van der Waals surface area (Å²) in [5.41, 5.74) is 0.966. The maximum atomic E-state index is 12.9. The smallest absolute Gasteiger partial charge is 0.180 e. The van der Waals surface area contributed by atoms with Crippen LogP contribution >= 0.6 is 0 Å². The van der Waals surface area contributed by atoms with Gasteiger partial charge in [-0.2, -0.15) is 5.06 Å². The minimum Gasteiger partial charge on any atom is -0.504 e. The molecule has 0 aromatic heterocycles. The molecule has 7 heteroatoms. The van der Waals surface area contributed by atoms with Crippen molar-refractivity contribution in [3.05, 3.63) is 53.6 Å². The number of hydrogen-bond acceptors (Lipinski definition) is 6. The lowest BCUT2D eigenvalue weighted by atomic mass is 9.96. The molecule has 1 aliphatic heterocycles. The van der Waals surface area contributed by atoms with Crippen LogP contribution in [0.3, 0.4) is 0 Å². The Hall–Kier alpha value is -2.09. The number of phenolic OH excluding ortho intramolecular Hbond substituents is 2. The van der Waals surface area contributed by atoms with E-state index < -0.39 is 33.4 Å². The normalized spacial score (nSPS) is 22.5. The maximum Gasteiger partial charge on any atom is 0.180 e. The zero-order chi connectivity index (χ0) is 18.9. The van der Waals surface area contributed by atoms with Crippen LogP contribution in [0.15, 0.2) is 47.4 Å². The quantitative estimate of drug-likeness (QED) is 0.708. The van der Waals surface area contributed by atoms with Gasteiger partial charge in [0.15, 0.2) is 21.3 Å². The van der Waals surface area contributed by atoms with Crippen molar-refractivity contribution in [3.8, 4) is 11.5 Å². The van der Waals surface area contributed by atoms with Crippen LogP contribution in [0.5, 0.6) is 11.5 Å². The van der Waals surface area contributed by atoms with Crippen molar-refractivity contribution in [1.82, 2.24) is 5.06 Å². The lowest BCUT2D eigenvalue weighted by Crippen LogP contribution is -2.38. The molecule has 1 heterocycles. The van der Waals surface area contributed by atoms with Crippen LogP contribution in [0.2, 0.25) is 0 Å². The van der Waals surface area contributed by atoms with Crippen molar-refractivity contribution in [2.75, 3.05) is 5.75 Å². The second-order valence-electron chi connectivity index (χ2n) is 6.65. The summed E-state index contributed by atoms with van der Waals surface area (Å²) in [6, 6.07) is 10.0. The van der Waals surface area contributed by atoms with E-state index in [2.05, 4.69) is 0 Å². The van der Waals surface area contributed by atoms with Gasteiger partial charge in [0.2, 0.25) is 0 Å². The van der Waals surface area contributed by atoms with E-state index >= 15 is 0 Å². The first kappa shape index (κ1) is 18.7. The third kappa shape index (κ3) is 3.42. The fraction of sp³-hybridized carbons (Fsp3) is 0.368. The average molecular weight is 377 g/mol. The van der Waals surface area contributed by atoms with Crippen LogP contribution in [0.4, 0.5) is 0 Å². The summed E-state index contributed by atoms with van der Waals surface area (Å²) in [4.78, 5) is -0.0558. The first-order valence-corrected chi connectivity index (χ1v) is 10.3. The van der Waals surface area contributed by atoms with Gasteiger partial charge >= 0.3 is 0 Å². The van der Waals surface area contributed by atoms with Gasteiger partial charge in [-0.3, -0.25) is 0 Å². The highest BCUT2D eigenvalue weighted by Crippen LogP contribution is 2.42. The van der Waals surface area contributed by atoms with Gasteiger partial charge < -0.3 is 15.4 Å². The van der Waals surface area contributed by atoms with E-state index in [1.165, 1.54) is 6.07 Å². The molecule has 3 rings (SSSR count). The SMILES string of the molecule is CCCC[C@@H]1CS(=O)(=O)c2cc(O)c(O)cc2[C@@H](c2ccccc2)N1O. The van der Waals surface area contributed by atoms with Crippen molar-refractivity contribution >= 4 is 9.84 Å². The molecule has 0 saturated carbocycles. The van der Waals surface area contributed by atoms with Crippen molar-refractivity contribution in [2.45, 2.75) is 43.2 Å². The highest BCUT2D eigenvalue weighted by atomic mass is 32.2. The second kappa shape index (κ2) is 7.26. The first-order valence-electron chi connectivity index (χ1n) is 8.66. The molecule has 0 saturated heterocycles. The zero-order valence-electron chi connectivity index (χ0n) is 14.5. The van der Waals surface area contributed by atoms with E-state index in [0.717, 1.165) is 24.0 Å². The lowest BCUT2D eigenvalue weighted by Gasteiger charge is -2.31. The van der Waals surface area contributed by atoms with Crippen LogP contribution in [0.1, 0.15) is 43.4 Å². The minimum absolute atomic E-state index is 0.0558. The molecule has 6 nitrogen and oxygen atoms in total. The molecular formula is C19H23NO5S. The predicted molar refractivity (Wildman–Crippen MR) is 97.0 cm³/mol. The monoisotopic (exact) mass is 377 g/mol. The van der Waals surface area contributed by atoms with Crippen molar-refractivity contribution in [1.29, 1.82) is 0 Å². The number of rotatable bonds is 4. The van der Waals surface area contributed by atoms with Gasteiger partial charge in [-0.25, -0.2) is 8.42 Å². The molecular weight excluding hydrogens is 354 g/mol. The van der Waals surface area contributed by atoms with Gasteiger partial charge in [0.05, 0.1) is 22.7 Å².